The zero-order chi connectivity index (χ0) is 16.9. The summed E-state index contributed by atoms with van der Waals surface area (Å²) in [6.07, 6.45) is 0.883. The van der Waals surface area contributed by atoms with E-state index in [0.29, 0.717) is 5.75 Å². The first-order chi connectivity index (χ1) is 10.8. The molecule has 0 radical (unpaired) electrons. The number of aryl methyl sites for hydroxylation is 1. The van der Waals surface area contributed by atoms with Gasteiger partial charge >= 0.3 is 5.97 Å². The lowest BCUT2D eigenvalue weighted by molar-refractivity contribution is -0.157. The van der Waals surface area contributed by atoms with Crippen molar-refractivity contribution in [2.24, 2.45) is 0 Å². The minimum absolute atomic E-state index is 0.0733. The lowest BCUT2D eigenvalue weighted by atomic mass is 10.0. The second-order valence-electron chi connectivity index (χ2n) is 6.64. The summed E-state index contributed by atoms with van der Waals surface area (Å²) in [5, 5.41) is 0. The van der Waals surface area contributed by atoms with E-state index in [0.717, 1.165) is 12.0 Å². The van der Waals surface area contributed by atoms with E-state index < -0.39 is 5.60 Å². The molecule has 0 unspecified atom stereocenters. The van der Waals surface area contributed by atoms with Crippen molar-refractivity contribution in [2.45, 2.75) is 39.7 Å². The summed E-state index contributed by atoms with van der Waals surface area (Å²) < 4.78 is 10.8. The van der Waals surface area contributed by atoms with Gasteiger partial charge in [0, 0.05) is 0 Å². The highest BCUT2D eigenvalue weighted by molar-refractivity contribution is 5.71. The monoisotopic (exact) mass is 312 g/mol. The van der Waals surface area contributed by atoms with Gasteiger partial charge in [-0.2, -0.15) is 0 Å². The average molecular weight is 312 g/mol. The minimum atomic E-state index is -0.491. The number of carbonyl (C=O) groups is 1. The molecular formula is C20H24O3. The van der Waals surface area contributed by atoms with Gasteiger partial charge in [0.1, 0.15) is 11.4 Å². The molecule has 0 saturated carbocycles. The lowest BCUT2D eigenvalue weighted by Crippen LogP contribution is -2.27. The number of rotatable bonds is 5. The third-order valence-corrected chi connectivity index (χ3v) is 3.26. The van der Waals surface area contributed by atoms with Crippen LogP contribution in [0.4, 0.5) is 0 Å². The smallest absolute Gasteiger partial charge is 0.344 e. The van der Waals surface area contributed by atoms with Gasteiger partial charge in [0.15, 0.2) is 6.61 Å². The summed E-state index contributed by atoms with van der Waals surface area (Å²) in [7, 11) is 0. The maximum Gasteiger partial charge on any atom is 0.344 e. The number of hydrogen-bond acceptors (Lipinski definition) is 3. The van der Waals surface area contributed by atoms with Gasteiger partial charge in [0.25, 0.3) is 0 Å². The molecule has 2 rings (SSSR count). The van der Waals surface area contributed by atoms with Gasteiger partial charge in [-0.3, -0.25) is 0 Å². The first-order valence-corrected chi connectivity index (χ1v) is 7.81. The van der Waals surface area contributed by atoms with Gasteiger partial charge in [-0.25, -0.2) is 4.79 Å². The highest BCUT2D eigenvalue weighted by Gasteiger charge is 2.16. The quantitative estimate of drug-likeness (QED) is 0.772. The van der Waals surface area contributed by atoms with Crippen molar-refractivity contribution in [3.05, 3.63) is 65.2 Å². The molecule has 0 spiro atoms. The van der Waals surface area contributed by atoms with Crippen molar-refractivity contribution in [2.75, 3.05) is 6.61 Å². The summed E-state index contributed by atoms with van der Waals surface area (Å²) in [4.78, 5) is 11.7. The van der Waals surface area contributed by atoms with Crippen molar-refractivity contribution in [1.82, 2.24) is 0 Å². The Bertz CT molecular complexity index is 654. The molecule has 0 bridgehead atoms. The molecule has 3 heteroatoms. The third-order valence-electron chi connectivity index (χ3n) is 3.26. The van der Waals surface area contributed by atoms with Crippen LogP contribution < -0.4 is 4.74 Å². The number of esters is 1. The van der Waals surface area contributed by atoms with E-state index in [-0.39, 0.29) is 12.6 Å². The Labute approximate surface area is 138 Å². The largest absolute Gasteiger partial charge is 0.482 e. The van der Waals surface area contributed by atoms with Gasteiger partial charge in [-0.1, -0.05) is 42.5 Å². The van der Waals surface area contributed by atoms with Crippen molar-refractivity contribution in [3.8, 4) is 5.75 Å². The molecule has 0 aliphatic rings. The number of benzene rings is 2. The van der Waals surface area contributed by atoms with E-state index in [4.69, 9.17) is 9.47 Å². The van der Waals surface area contributed by atoms with Crippen LogP contribution in [0.25, 0.3) is 0 Å². The molecule has 23 heavy (non-hydrogen) atoms. The molecule has 3 nitrogen and oxygen atoms in total. The second-order valence-corrected chi connectivity index (χ2v) is 6.64. The predicted octanol–water partition coefficient (Wildman–Crippen LogP) is 4.31. The van der Waals surface area contributed by atoms with Crippen LogP contribution in [0.2, 0.25) is 0 Å². The van der Waals surface area contributed by atoms with Gasteiger partial charge in [-0.15, -0.1) is 0 Å². The van der Waals surface area contributed by atoms with Crippen LogP contribution in [-0.4, -0.2) is 18.2 Å². The molecule has 0 aliphatic heterocycles. The van der Waals surface area contributed by atoms with Gasteiger partial charge in [-0.05, 0) is 56.9 Å². The zero-order valence-corrected chi connectivity index (χ0v) is 14.3. The molecule has 0 aromatic heterocycles. The van der Waals surface area contributed by atoms with E-state index in [1.807, 2.05) is 58.0 Å². The van der Waals surface area contributed by atoms with Crippen molar-refractivity contribution in [1.29, 1.82) is 0 Å². The van der Waals surface area contributed by atoms with Gasteiger partial charge in [0.05, 0.1) is 0 Å². The Balaban J connectivity index is 1.96. The number of hydrogen-bond donors (Lipinski definition) is 0. The fourth-order valence-electron chi connectivity index (χ4n) is 2.32. The summed E-state index contributed by atoms with van der Waals surface area (Å²) in [6.45, 7) is 7.44. The van der Waals surface area contributed by atoms with Crippen LogP contribution in [0.3, 0.4) is 0 Å². The van der Waals surface area contributed by atoms with Gasteiger partial charge < -0.3 is 9.47 Å². The number of carbonyl (C=O) groups excluding carboxylic acids is 1. The molecule has 2 aromatic rings. The van der Waals surface area contributed by atoms with Crippen LogP contribution >= 0.6 is 0 Å². The summed E-state index contributed by atoms with van der Waals surface area (Å²) in [5.74, 6) is 0.359. The molecule has 0 fully saturated rings. The molecule has 0 heterocycles. The Morgan fingerprint density at radius 3 is 2.30 bits per heavy atom. The molecule has 0 atom stereocenters. The normalized spacial score (nSPS) is 11.1. The fraction of sp³-hybridized carbons (Fsp3) is 0.350. The summed E-state index contributed by atoms with van der Waals surface area (Å²) in [6, 6.07) is 16.4. The minimum Gasteiger partial charge on any atom is -0.482 e. The van der Waals surface area contributed by atoms with E-state index in [9.17, 15) is 4.79 Å². The standard InChI is InChI=1S/C20H24O3/c1-15-12-17(13-16-8-6-5-7-9-16)10-11-18(15)22-14-19(21)23-20(2,3)4/h5-12H,13-14H2,1-4H3. The average Bonchev–Trinajstić information content (AvgIpc) is 2.45. The van der Waals surface area contributed by atoms with Crippen LogP contribution in [0.5, 0.6) is 5.75 Å². The lowest BCUT2D eigenvalue weighted by Gasteiger charge is -2.19. The molecular weight excluding hydrogens is 288 g/mol. The molecule has 2 aromatic carbocycles. The Morgan fingerprint density at radius 2 is 1.70 bits per heavy atom. The molecule has 0 aliphatic carbocycles. The highest BCUT2D eigenvalue weighted by Crippen LogP contribution is 2.21. The molecule has 0 amide bonds. The Kier molecular flexibility index (Phi) is 5.43. The summed E-state index contributed by atoms with van der Waals surface area (Å²) in [5.41, 5.74) is 3.02. The van der Waals surface area contributed by atoms with Crippen molar-refractivity contribution in [3.63, 3.8) is 0 Å². The number of ether oxygens (including phenoxy) is 2. The van der Waals surface area contributed by atoms with Crippen LogP contribution in [0, 0.1) is 6.92 Å². The van der Waals surface area contributed by atoms with E-state index in [2.05, 4.69) is 18.2 Å². The van der Waals surface area contributed by atoms with E-state index in [1.165, 1.54) is 11.1 Å². The Hall–Kier alpha value is -2.29. The van der Waals surface area contributed by atoms with Gasteiger partial charge in [0.2, 0.25) is 0 Å². The van der Waals surface area contributed by atoms with E-state index in [1.54, 1.807) is 0 Å². The predicted molar refractivity (Wildman–Crippen MR) is 91.8 cm³/mol. The third kappa shape index (κ3) is 5.78. The zero-order valence-electron chi connectivity index (χ0n) is 14.3. The molecule has 122 valence electrons. The Morgan fingerprint density at radius 1 is 1.00 bits per heavy atom. The van der Waals surface area contributed by atoms with E-state index >= 15 is 0 Å². The highest BCUT2D eigenvalue weighted by atomic mass is 16.6. The molecule has 0 N–H and O–H groups in total. The van der Waals surface area contributed by atoms with Crippen molar-refractivity contribution < 1.29 is 14.3 Å². The van der Waals surface area contributed by atoms with Crippen molar-refractivity contribution >= 4 is 5.97 Å². The maximum atomic E-state index is 11.7. The van der Waals surface area contributed by atoms with Crippen LogP contribution in [0.1, 0.15) is 37.5 Å². The first-order valence-electron chi connectivity index (χ1n) is 7.81. The van der Waals surface area contributed by atoms with Crippen LogP contribution in [0.15, 0.2) is 48.5 Å². The fourth-order valence-corrected chi connectivity index (χ4v) is 2.32. The first kappa shape index (κ1) is 17.1. The van der Waals surface area contributed by atoms with Crippen LogP contribution in [-0.2, 0) is 16.0 Å². The second kappa shape index (κ2) is 7.32. The summed E-state index contributed by atoms with van der Waals surface area (Å²) >= 11 is 0. The maximum absolute atomic E-state index is 11.7. The molecule has 0 saturated heterocycles. The SMILES string of the molecule is Cc1cc(Cc2ccccc2)ccc1OCC(=O)OC(C)(C)C. The topological polar surface area (TPSA) is 35.5 Å².